The van der Waals surface area contributed by atoms with Gasteiger partial charge >= 0.3 is 0 Å². The summed E-state index contributed by atoms with van der Waals surface area (Å²) in [6.45, 7) is 2.90. The molecule has 2 unspecified atom stereocenters. The predicted molar refractivity (Wildman–Crippen MR) is 96.0 cm³/mol. The second-order valence-electron chi connectivity index (χ2n) is 7.18. The summed E-state index contributed by atoms with van der Waals surface area (Å²) in [4.78, 5) is 43.0. The van der Waals surface area contributed by atoms with Gasteiger partial charge in [-0.05, 0) is 25.0 Å². The number of rotatable bonds is 3. The predicted octanol–water partition coefficient (Wildman–Crippen LogP) is 1.35. The van der Waals surface area contributed by atoms with Gasteiger partial charge in [0.1, 0.15) is 0 Å². The minimum Gasteiger partial charge on any atom is -0.336 e. The van der Waals surface area contributed by atoms with E-state index in [2.05, 4.69) is 4.90 Å². The van der Waals surface area contributed by atoms with Crippen molar-refractivity contribution in [2.45, 2.75) is 12.8 Å². The van der Waals surface area contributed by atoms with Crippen LogP contribution in [0.2, 0.25) is 0 Å². The van der Waals surface area contributed by atoms with E-state index >= 15 is 0 Å². The van der Waals surface area contributed by atoms with Crippen molar-refractivity contribution in [3.8, 4) is 0 Å². The number of carbonyl (C=O) groups is 3. The Morgan fingerprint density at radius 3 is 2.04 bits per heavy atom. The summed E-state index contributed by atoms with van der Waals surface area (Å²) in [5.41, 5.74) is 0.697. The summed E-state index contributed by atoms with van der Waals surface area (Å²) in [6, 6.07) is 9.27. The van der Waals surface area contributed by atoms with Crippen LogP contribution >= 0.6 is 0 Å². The maximum Gasteiger partial charge on any atom is 0.253 e. The molecular formula is C20H23N3O3. The number of hydrogen-bond acceptors (Lipinski definition) is 4. The van der Waals surface area contributed by atoms with Crippen LogP contribution in [-0.2, 0) is 9.59 Å². The Balaban J connectivity index is 1.34. The Hall–Kier alpha value is -2.47. The average molecular weight is 353 g/mol. The van der Waals surface area contributed by atoms with Crippen LogP contribution in [0.15, 0.2) is 42.5 Å². The Labute approximate surface area is 153 Å². The molecule has 2 fully saturated rings. The van der Waals surface area contributed by atoms with E-state index in [4.69, 9.17) is 0 Å². The van der Waals surface area contributed by atoms with E-state index in [-0.39, 0.29) is 29.6 Å². The van der Waals surface area contributed by atoms with Crippen LogP contribution in [0.1, 0.15) is 23.2 Å². The molecule has 1 aromatic carbocycles. The number of nitrogens with zero attached hydrogens (tertiary/aromatic N) is 3. The summed E-state index contributed by atoms with van der Waals surface area (Å²) >= 11 is 0. The topological polar surface area (TPSA) is 60.9 Å². The van der Waals surface area contributed by atoms with E-state index in [0.717, 1.165) is 0 Å². The Kier molecular flexibility index (Phi) is 4.59. The molecule has 0 radical (unpaired) electrons. The Morgan fingerprint density at radius 2 is 1.46 bits per heavy atom. The molecule has 4 rings (SSSR count). The molecule has 0 saturated carbocycles. The van der Waals surface area contributed by atoms with Gasteiger partial charge < -0.3 is 4.90 Å². The minimum absolute atomic E-state index is 0.0351. The highest BCUT2D eigenvalue weighted by molar-refractivity contribution is 6.05. The van der Waals surface area contributed by atoms with Gasteiger partial charge in [0.15, 0.2) is 0 Å². The molecule has 0 bridgehead atoms. The van der Waals surface area contributed by atoms with Gasteiger partial charge in [-0.15, -0.1) is 0 Å². The molecule has 2 aliphatic heterocycles. The molecule has 0 N–H and O–H groups in total. The molecule has 26 heavy (non-hydrogen) atoms. The number of benzene rings is 1. The number of fused-ring (bicyclic) bond motifs is 1. The number of amides is 3. The van der Waals surface area contributed by atoms with Crippen molar-refractivity contribution in [3.05, 3.63) is 48.0 Å². The van der Waals surface area contributed by atoms with Crippen LogP contribution in [0, 0.1) is 11.8 Å². The first-order valence-corrected chi connectivity index (χ1v) is 9.22. The van der Waals surface area contributed by atoms with E-state index in [9.17, 15) is 14.4 Å². The van der Waals surface area contributed by atoms with Gasteiger partial charge in [0.05, 0.1) is 18.5 Å². The lowest BCUT2D eigenvalue weighted by Gasteiger charge is -2.36. The van der Waals surface area contributed by atoms with E-state index in [1.165, 1.54) is 4.90 Å². The molecule has 3 aliphatic rings. The van der Waals surface area contributed by atoms with Gasteiger partial charge in [-0.25, -0.2) is 0 Å². The molecule has 3 amide bonds. The van der Waals surface area contributed by atoms with Gasteiger partial charge in [0, 0.05) is 31.7 Å². The lowest BCUT2D eigenvalue weighted by atomic mass is 9.85. The molecule has 1 aromatic rings. The highest BCUT2D eigenvalue weighted by Gasteiger charge is 2.47. The summed E-state index contributed by atoms with van der Waals surface area (Å²) in [5.74, 6) is -0.378. The zero-order valence-corrected chi connectivity index (χ0v) is 14.7. The molecule has 2 heterocycles. The molecule has 0 aromatic heterocycles. The molecule has 0 spiro atoms. The number of carbonyl (C=O) groups excluding carboxylic acids is 3. The van der Waals surface area contributed by atoms with Crippen LogP contribution < -0.4 is 0 Å². The normalized spacial score (nSPS) is 26.3. The Bertz CT molecular complexity index is 712. The second-order valence-corrected chi connectivity index (χ2v) is 7.18. The average Bonchev–Trinajstić information content (AvgIpc) is 2.94. The van der Waals surface area contributed by atoms with Crippen molar-refractivity contribution in [3.63, 3.8) is 0 Å². The molecule has 6 heteroatoms. The van der Waals surface area contributed by atoms with E-state index < -0.39 is 0 Å². The highest BCUT2D eigenvalue weighted by atomic mass is 16.2. The smallest absolute Gasteiger partial charge is 0.253 e. The molecular weight excluding hydrogens is 330 g/mol. The highest BCUT2D eigenvalue weighted by Crippen LogP contribution is 2.35. The lowest BCUT2D eigenvalue weighted by Crippen LogP contribution is -2.52. The maximum absolute atomic E-state index is 12.6. The number of imide groups is 1. The van der Waals surface area contributed by atoms with Crippen LogP contribution in [0.25, 0.3) is 0 Å². The molecule has 1 aliphatic carbocycles. The molecule has 2 saturated heterocycles. The number of hydrogen-bond donors (Lipinski definition) is 0. The third-order valence-corrected chi connectivity index (χ3v) is 5.62. The van der Waals surface area contributed by atoms with Crippen LogP contribution in [-0.4, -0.2) is 65.3 Å². The van der Waals surface area contributed by atoms with Crippen LogP contribution in [0.3, 0.4) is 0 Å². The van der Waals surface area contributed by atoms with Crippen molar-refractivity contribution in [2.24, 2.45) is 11.8 Å². The zero-order valence-electron chi connectivity index (χ0n) is 14.7. The van der Waals surface area contributed by atoms with E-state index in [1.807, 2.05) is 47.4 Å². The van der Waals surface area contributed by atoms with Crippen molar-refractivity contribution in [2.75, 3.05) is 32.8 Å². The fourth-order valence-corrected chi connectivity index (χ4v) is 4.06. The summed E-state index contributed by atoms with van der Waals surface area (Å²) < 4.78 is 0. The molecule has 136 valence electrons. The van der Waals surface area contributed by atoms with Crippen LogP contribution in [0.5, 0.6) is 0 Å². The zero-order chi connectivity index (χ0) is 18.1. The largest absolute Gasteiger partial charge is 0.336 e. The Morgan fingerprint density at radius 1 is 0.885 bits per heavy atom. The van der Waals surface area contributed by atoms with Gasteiger partial charge in [-0.1, -0.05) is 30.4 Å². The minimum atomic E-state index is -0.173. The second kappa shape index (κ2) is 7.03. The van der Waals surface area contributed by atoms with Crippen LogP contribution in [0.4, 0.5) is 0 Å². The van der Waals surface area contributed by atoms with Crippen molar-refractivity contribution >= 4 is 17.7 Å². The van der Waals surface area contributed by atoms with Crippen molar-refractivity contribution in [1.82, 2.24) is 14.7 Å². The molecule has 2 atom stereocenters. The van der Waals surface area contributed by atoms with Gasteiger partial charge in [-0.3, -0.25) is 24.2 Å². The van der Waals surface area contributed by atoms with Gasteiger partial charge in [0.25, 0.3) is 5.91 Å². The number of piperazine rings is 1. The lowest BCUT2D eigenvalue weighted by molar-refractivity contribution is -0.142. The fraction of sp³-hybridized carbons (Fsp3) is 0.450. The monoisotopic (exact) mass is 353 g/mol. The summed E-state index contributed by atoms with van der Waals surface area (Å²) in [6.07, 6.45) is 5.35. The first kappa shape index (κ1) is 17.0. The fourth-order valence-electron chi connectivity index (χ4n) is 4.06. The molecule has 6 nitrogen and oxygen atoms in total. The number of allylic oxidation sites excluding steroid dienone is 2. The third kappa shape index (κ3) is 3.05. The SMILES string of the molecule is O=C(c1ccccc1)N1CCN(CN2C(=O)C3CC=CCC3C2=O)CC1. The van der Waals surface area contributed by atoms with Crippen molar-refractivity contribution in [1.29, 1.82) is 0 Å². The van der Waals surface area contributed by atoms with Crippen molar-refractivity contribution < 1.29 is 14.4 Å². The quantitative estimate of drug-likeness (QED) is 0.608. The maximum atomic E-state index is 12.6. The van der Waals surface area contributed by atoms with E-state index in [0.29, 0.717) is 51.3 Å². The first-order valence-electron chi connectivity index (χ1n) is 9.22. The third-order valence-electron chi connectivity index (χ3n) is 5.62. The van der Waals surface area contributed by atoms with Gasteiger partial charge in [-0.2, -0.15) is 0 Å². The summed E-state index contributed by atoms with van der Waals surface area (Å²) in [7, 11) is 0. The number of likely N-dealkylation sites (tertiary alicyclic amines) is 1. The summed E-state index contributed by atoms with van der Waals surface area (Å²) in [5, 5.41) is 0. The standard InChI is InChI=1S/C20H23N3O3/c24-18(15-6-2-1-3-7-15)22-12-10-21(11-13-22)14-23-19(25)16-8-4-5-9-17(16)20(23)26/h1-7,16-17H,8-14H2. The van der Waals surface area contributed by atoms with E-state index in [1.54, 1.807) is 0 Å². The van der Waals surface area contributed by atoms with Gasteiger partial charge in [0.2, 0.25) is 11.8 Å². The first-order chi connectivity index (χ1) is 12.6.